The number of aryl methyl sites for hydroxylation is 1. The van der Waals surface area contributed by atoms with E-state index in [2.05, 4.69) is 23.6 Å². The van der Waals surface area contributed by atoms with E-state index in [0.29, 0.717) is 31.2 Å². The number of hydrogen-bond acceptors (Lipinski definition) is 6. The van der Waals surface area contributed by atoms with E-state index in [1.165, 1.54) is 6.07 Å². The van der Waals surface area contributed by atoms with Gasteiger partial charge in [0.25, 0.3) is 5.69 Å². The van der Waals surface area contributed by atoms with Crippen LogP contribution in [0.5, 0.6) is 0 Å². The van der Waals surface area contributed by atoms with Crippen LogP contribution in [0.1, 0.15) is 38.7 Å². The van der Waals surface area contributed by atoms with E-state index in [-0.39, 0.29) is 16.5 Å². The first-order valence-electron chi connectivity index (χ1n) is 11.6. The molecule has 3 aliphatic rings. The highest BCUT2D eigenvalue weighted by Gasteiger charge is 2.29. The Morgan fingerprint density at radius 2 is 1.84 bits per heavy atom. The van der Waals surface area contributed by atoms with Gasteiger partial charge in [0.05, 0.1) is 23.7 Å². The van der Waals surface area contributed by atoms with E-state index in [4.69, 9.17) is 4.74 Å². The quantitative estimate of drug-likeness (QED) is 0.528. The molecule has 0 spiro atoms. The number of nitro groups is 1. The van der Waals surface area contributed by atoms with Crippen LogP contribution in [0.2, 0.25) is 0 Å². The van der Waals surface area contributed by atoms with Gasteiger partial charge >= 0.3 is 0 Å². The molecular formula is C23H34N4O4. The lowest BCUT2D eigenvalue weighted by atomic mass is 9.95. The van der Waals surface area contributed by atoms with E-state index in [9.17, 15) is 14.9 Å². The molecule has 3 aliphatic heterocycles. The maximum Gasteiger partial charge on any atom is 0.269 e. The summed E-state index contributed by atoms with van der Waals surface area (Å²) in [5.74, 6) is 0.782. The molecule has 1 aromatic carbocycles. The molecule has 0 radical (unpaired) electrons. The van der Waals surface area contributed by atoms with Crippen molar-refractivity contribution in [1.29, 1.82) is 0 Å². The molecule has 1 aromatic rings. The molecule has 0 bridgehead atoms. The van der Waals surface area contributed by atoms with Gasteiger partial charge < -0.3 is 9.64 Å². The fraction of sp³-hybridized carbons (Fsp3) is 0.696. The van der Waals surface area contributed by atoms with Crippen molar-refractivity contribution >= 4 is 17.3 Å². The van der Waals surface area contributed by atoms with E-state index >= 15 is 0 Å². The minimum Gasteiger partial charge on any atom is -0.373 e. The van der Waals surface area contributed by atoms with Crippen LogP contribution >= 0.6 is 0 Å². The topological polar surface area (TPSA) is 79.2 Å². The summed E-state index contributed by atoms with van der Waals surface area (Å²) >= 11 is 0. The number of hydrogen-bond donors (Lipinski definition) is 0. The van der Waals surface area contributed by atoms with Crippen molar-refractivity contribution in [2.45, 2.75) is 51.7 Å². The van der Waals surface area contributed by atoms with Crippen LogP contribution < -0.4 is 4.90 Å². The molecular weight excluding hydrogens is 396 g/mol. The van der Waals surface area contributed by atoms with Gasteiger partial charge in [-0.2, -0.15) is 0 Å². The van der Waals surface area contributed by atoms with Crippen LogP contribution in [0.3, 0.4) is 0 Å². The third kappa shape index (κ3) is 5.42. The number of fused-ring (bicyclic) bond motifs is 1. The average Bonchev–Trinajstić information content (AvgIpc) is 2.73. The van der Waals surface area contributed by atoms with Crippen molar-refractivity contribution in [3.05, 3.63) is 33.9 Å². The Kier molecular flexibility index (Phi) is 6.89. The molecule has 8 heteroatoms. The normalized spacial score (nSPS) is 25.9. The maximum absolute atomic E-state index is 13.0. The number of carbonyl (C=O) groups is 1. The van der Waals surface area contributed by atoms with Crippen LogP contribution in [0.4, 0.5) is 11.4 Å². The Morgan fingerprint density at radius 1 is 1.13 bits per heavy atom. The number of carbonyl (C=O) groups excluding carboxylic acids is 1. The Hall–Kier alpha value is -2.03. The third-order valence-corrected chi connectivity index (χ3v) is 6.77. The fourth-order valence-corrected chi connectivity index (χ4v) is 5.36. The zero-order chi connectivity index (χ0) is 22.0. The Labute approximate surface area is 184 Å². The minimum atomic E-state index is -0.372. The number of anilines is 1. The SMILES string of the molecule is CC1CN(CC2CCN(CC(=O)N3CCCc4cc([N+](=O)[O-])ccc43)CC2)CC(C)O1. The van der Waals surface area contributed by atoms with E-state index in [0.717, 1.165) is 69.7 Å². The second-order valence-electron chi connectivity index (χ2n) is 9.41. The molecule has 2 atom stereocenters. The summed E-state index contributed by atoms with van der Waals surface area (Å²) in [6, 6.07) is 4.86. The lowest BCUT2D eigenvalue weighted by Crippen LogP contribution is -2.49. The molecule has 0 aliphatic carbocycles. The molecule has 0 aromatic heterocycles. The molecule has 2 fully saturated rings. The van der Waals surface area contributed by atoms with Gasteiger partial charge in [-0.15, -0.1) is 0 Å². The van der Waals surface area contributed by atoms with Gasteiger partial charge in [-0.3, -0.25) is 24.7 Å². The molecule has 0 N–H and O–H groups in total. The van der Waals surface area contributed by atoms with E-state index in [1.807, 2.05) is 4.90 Å². The smallest absolute Gasteiger partial charge is 0.269 e. The van der Waals surface area contributed by atoms with Gasteiger partial charge in [0.15, 0.2) is 0 Å². The number of amides is 1. The van der Waals surface area contributed by atoms with Gasteiger partial charge in [-0.25, -0.2) is 0 Å². The molecule has 1 amide bonds. The largest absolute Gasteiger partial charge is 0.373 e. The second kappa shape index (κ2) is 9.63. The van der Waals surface area contributed by atoms with Gasteiger partial charge in [0.1, 0.15) is 0 Å². The molecule has 8 nitrogen and oxygen atoms in total. The van der Waals surface area contributed by atoms with Gasteiger partial charge in [0, 0.05) is 44.0 Å². The highest BCUT2D eigenvalue weighted by Crippen LogP contribution is 2.31. The van der Waals surface area contributed by atoms with Crippen molar-refractivity contribution in [2.24, 2.45) is 5.92 Å². The summed E-state index contributed by atoms with van der Waals surface area (Å²) in [5.41, 5.74) is 1.84. The molecule has 31 heavy (non-hydrogen) atoms. The van der Waals surface area contributed by atoms with Crippen LogP contribution in [0, 0.1) is 16.0 Å². The lowest BCUT2D eigenvalue weighted by molar-refractivity contribution is -0.384. The number of nitrogens with zero attached hydrogens (tertiary/aromatic N) is 4. The fourth-order valence-electron chi connectivity index (χ4n) is 5.36. The van der Waals surface area contributed by atoms with E-state index in [1.54, 1.807) is 12.1 Å². The number of piperidine rings is 1. The summed E-state index contributed by atoms with van der Waals surface area (Å²) in [6.45, 7) is 10.5. The third-order valence-electron chi connectivity index (χ3n) is 6.77. The lowest BCUT2D eigenvalue weighted by Gasteiger charge is -2.39. The Bertz CT molecular complexity index is 799. The predicted molar refractivity (Wildman–Crippen MR) is 119 cm³/mol. The summed E-state index contributed by atoms with van der Waals surface area (Å²) in [4.78, 5) is 30.4. The van der Waals surface area contributed by atoms with Crippen LogP contribution in [0.25, 0.3) is 0 Å². The van der Waals surface area contributed by atoms with Crippen molar-refractivity contribution < 1.29 is 14.5 Å². The van der Waals surface area contributed by atoms with Crippen LogP contribution in [0.15, 0.2) is 18.2 Å². The zero-order valence-electron chi connectivity index (χ0n) is 18.7. The number of morpholine rings is 1. The maximum atomic E-state index is 13.0. The number of ether oxygens (including phenoxy) is 1. The number of non-ortho nitro benzene ring substituents is 1. The van der Waals surface area contributed by atoms with Crippen LogP contribution in [-0.2, 0) is 16.0 Å². The highest BCUT2D eigenvalue weighted by molar-refractivity contribution is 5.96. The summed E-state index contributed by atoms with van der Waals surface area (Å²) in [5, 5.41) is 11.1. The Balaban J connectivity index is 1.28. The van der Waals surface area contributed by atoms with Crippen LogP contribution in [-0.4, -0.2) is 78.7 Å². The number of nitro benzene ring substituents is 1. The van der Waals surface area contributed by atoms with Gasteiger partial charge in [-0.05, 0) is 70.2 Å². The summed E-state index contributed by atoms with van der Waals surface area (Å²) in [7, 11) is 0. The Morgan fingerprint density at radius 3 is 2.52 bits per heavy atom. The van der Waals surface area contributed by atoms with Crippen molar-refractivity contribution in [3.8, 4) is 0 Å². The van der Waals surface area contributed by atoms with Gasteiger partial charge in [0.2, 0.25) is 5.91 Å². The molecule has 170 valence electrons. The average molecular weight is 431 g/mol. The van der Waals surface area contributed by atoms with Crippen molar-refractivity contribution in [3.63, 3.8) is 0 Å². The number of rotatable bonds is 5. The molecule has 3 heterocycles. The molecule has 2 unspecified atom stereocenters. The highest BCUT2D eigenvalue weighted by atomic mass is 16.6. The number of likely N-dealkylation sites (tertiary alicyclic amines) is 1. The van der Waals surface area contributed by atoms with Crippen molar-refractivity contribution in [2.75, 3.05) is 50.7 Å². The first-order valence-corrected chi connectivity index (χ1v) is 11.6. The number of benzene rings is 1. The predicted octanol–water partition coefficient (Wildman–Crippen LogP) is 2.70. The summed E-state index contributed by atoms with van der Waals surface area (Å²) in [6.07, 6.45) is 4.47. The molecule has 4 rings (SSSR count). The standard InChI is InChI=1S/C23H34N4O4/c1-17-13-25(14-18(2)31-17)15-19-7-10-24(11-8-19)16-23(28)26-9-3-4-20-12-21(27(29)30)5-6-22(20)26/h5-6,12,17-19H,3-4,7-11,13-16H2,1-2H3. The molecule has 2 saturated heterocycles. The minimum absolute atomic E-state index is 0.0965. The zero-order valence-corrected chi connectivity index (χ0v) is 18.7. The van der Waals surface area contributed by atoms with E-state index < -0.39 is 0 Å². The van der Waals surface area contributed by atoms with Crippen molar-refractivity contribution in [1.82, 2.24) is 9.80 Å². The monoisotopic (exact) mass is 430 g/mol. The molecule has 0 saturated carbocycles. The first-order chi connectivity index (χ1) is 14.9. The second-order valence-corrected chi connectivity index (χ2v) is 9.41. The first kappa shape index (κ1) is 22.2. The van der Waals surface area contributed by atoms with Gasteiger partial charge in [-0.1, -0.05) is 0 Å². The summed E-state index contributed by atoms with van der Waals surface area (Å²) < 4.78 is 5.84.